The lowest BCUT2D eigenvalue weighted by atomic mass is 9.33. The van der Waals surface area contributed by atoms with Crippen molar-refractivity contribution in [2.24, 2.45) is 0 Å². The fraction of sp³-hybridized carbons (Fsp3) is 0. The van der Waals surface area contributed by atoms with Gasteiger partial charge in [-0.05, 0) is 83.9 Å². The van der Waals surface area contributed by atoms with Crippen LogP contribution in [0.4, 0.5) is 0 Å². The Bertz CT molecular complexity index is 2060. The summed E-state index contributed by atoms with van der Waals surface area (Å²) in [6.45, 7) is -0.0482. The van der Waals surface area contributed by atoms with Gasteiger partial charge in [-0.25, -0.2) is 0 Å². The maximum atomic E-state index is 6.58. The van der Waals surface area contributed by atoms with Crippen LogP contribution in [0.3, 0.4) is 0 Å². The third-order valence-electron chi connectivity index (χ3n) is 9.70. The summed E-state index contributed by atoms with van der Waals surface area (Å²) in [5.41, 5.74) is 8.12. The van der Waals surface area contributed by atoms with Crippen molar-refractivity contribution in [2.75, 3.05) is 0 Å². The number of benzene rings is 6. The van der Waals surface area contributed by atoms with Crippen LogP contribution in [0.5, 0.6) is 69.0 Å². The molecule has 6 aliphatic heterocycles. The molecule has 0 aliphatic carbocycles. The van der Waals surface area contributed by atoms with E-state index in [-0.39, 0.29) is 13.4 Å². The predicted octanol–water partition coefficient (Wildman–Crippen LogP) is 5.02. The van der Waals surface area contributed by atoms with Gasteiger partial charge in [0.25, 0.3) is 13.4 Å². The van der Waals surface area contributed by atoms with Gasteiger partial charge in [-0.15, -0.1) is 0 Å². The van der Waals surface area contributed by atoms with E-state index in [1.54, 1.807) is 0 Å². The summed E-state index contributed by atoms with van der Waals surface area (Å²) in [4.78, 5) is 0. The molecule has 0 unspecified atom stereocenters. The van der Waals surface area contributed by atoms with E-state index in [1.807, 2.05) is 72.8 Å². The molecule has 0 fully saturated rings. The highest BCUT2D eigenvalue weighted by Gasteiger charge is 2.48. The zero-order valence-corrected chi connectivity index (χ0v) is 22.8. The molecule has 6 heterocycles. The average molecular weight is 566 g/mol. The molecule has 44 heavy (non-hydrogen) atoms. The van der Waals surface area contributed by atoms with Crippen LogP contribution in [-0.4, -0.2) is 13.4 Å². The van der Waals surface area contributed by atoms with Gasteiger partial charge >= 0.3 is 0 Å². The van der Waals surface area contributed by atoms with Gasteiger partial charge in [0.2, 0.25) is 0 Å². The minimum absolute atomic E-state index is 0.0241. The fourth-order valence-corrected chi connectivity index (χ4v) is 7.96. The largest absolute Gasteiger partial charge is 0.458 e. The Hall–Kier alpha value is -5.75. The lowest BCUT2D eigenvalue weighted by Crippen LogP contribution is -2.59. The number of hydrogen-bond donors (Lipinski definition) is 0. The standard InChI is InChI=1S/C36H16B2O6/c1-5-19-31-23(9-1)41-27-13-17(14-28-35(27)37(31)32-20(39-19)6-2-10-24(32)42-28)18-15-29-36-30(16-18)44-26-12-4-8-22-34(26)38(36)33-21(40-22)7-3-11-25(33)43-29/h1-16H. The Morgan fingerprint density at radius 1 is 0.273 bits per heavy atom. The van der Waals surface area contributed by atoms with Crippen LogP contribution in [-0.2, 0) is 0 Å². The minimum Gasteiger partial charge on any atom is -0.458 e. The van der Waals surface area contributed by atoms with Crippen molar-refractivity contribution in [1.82, 2.24) is 0 Å². The first-order valence-corrected chi connectivity index (χ1v) is 14.7. The van der Waals surface area contributed by atoms with Gasteiger partial charge in [-0.1, -0.05) is 24.3 Å². The van der Waals surface area contributed by atoms with Crippen LogP contribution in [0.15, 0.2) is 97.1 Å². The molecule has 6 aliphatic rings. The molecule has 202 valence electrons. The maximum Gasteiger partial charge on any atom is 0.270 e. The molecule has 0 bridgehead atoms. The molecule has 0 aromatic heterocycles. The van der Waals surface area contributed by atoms with Crippen LogP contribution in [0.2, 0.25) is 0 Å². The highest BCUT2D eigenvalue weighted by Crippen LogP contribution is 2.46. The lowest BCUT2D eigenvalue weighted by molar-refractivity contribution is 0.441. The second-order valence-corrected chi connectivity index (χ2v) is 11.9. The summed E-state index contributed by atoms with van der Waals surface area (Å²) >= 11 is 0. The number of hydrogen-bond acceptors (Lipinski definition) is 6. The Balaban J connectivity index is 1.08. The van der Waals surface area contributed by atoms with Crippen molar-refractivity contribution in [1.29, 1.82) is 0 Å². The first-order chi connectivity index (χ1) is 21.8. The van der Waals surface area contributed by atoms with Crippen LogP contribution in [0, 0.1) is 0 Å². The summed E-state index contributed by atoms with van der Waals surface area (Å²) in [5.74, 6) is 9.60. The van der Waals surface area contributed by atoms with Gasteiger partial charge in [0.1, 0.15) is 69.0 Å². The van der Waals surface area contributed by atoms with E-state index in [9.17, 15) is 0 Å². The summed E-state index contributed by atoms with van der Waals surface area (Å²) in [6, 6.07) is 32.4. The zero-order valence-electron chi connectivity index (χ0n) is 22.8. The Kier molecular flexibility index (Phi) is 3.60. The van der Waals surface area contributed by atoms with Gasteiger partial charge < -0.3 is 28.4 Å². The van der Waals surface area contributed by atoms with E-state index in [2.05, 4.69) is 24.3 Å². The van der Waals surface area contributed by atoms with Crippen molar-refractivity contribution < 1.29 is 28.4 Å². The number of ether oxygens (including phenoxy) is 6. The van der Waals surface area contributed by atoms with Crippen molar-refractivity contribution in [3.8, 4) is 80.1 Å². The number of rotatable bonds is 1. The van der Waals surface area contributed by atoms with Crippen LogP contribution < -0.4 is 61.2 Å². The maximum absolute atomic E-state index is 6.58. The zero-order chi connectivity index (χ0) is 28.3. The monoisotopic (exact) mass is 566 g/mol. The van der Waals surface area contributed by atoms with Crippen molar-refractivity contribution in [2.45, 2.75) is 0 Å². The van der Waals surface area contributed by atoms with Gasteiger partial charge in [0, 0.05) is 32.8 Å². The molecule has 0 N–H and O–H groups in total. The first kappa shape index (κ1) is 21.9. The van der Waals surface area contributed by atoms with Crippen molar-refractivity contribution in [3.63, 3.8) is 0 Å². The molecule has 8 heteroatoms. The van der Waals surface area contributed by atoms with Crippen LogP contribution in [0.25, 0.3) is 11.1 Å². The van der Waals surface area contributed by atoms with Crippen molar-refractivity contribution >= 4 is 46.2 Å². The summed E-state index contributed by atoms with van der Waals surface area (Å²) in [6.07, 6.45) is 0. The third-order valence-corrected chi connectivity index (χ3v) is 9.70. The molecule has 12 rings (SSSR count). The Labute approximate surface area is 251 Å². The van der Waals surface area contributed by atoms with E-state index in [4.69, 9.17) is 28.4 Å². The average Bonchev–Trinajstić information content (AvgIpc) is 3.04. The smallest absolute Gasteiger partial charge is 0.270 e. The molecule has 0 spiro atoms. The second kappa shape index (κ2) is 7.24. The molecule has 0 amide bonds. The highest BCUT2D eigenvalue weighted by molar-refractivity contribution is 7.00. The SMILES string of the molecule is c1cc2c3c(c1)Oc1cc(-c4cc5c6c(c4)Oc4cccc7c4B6c4c(cccc4O5)O7)cc4c1B3c1c(cccc1O4)O2. The van der Waals surface area contributed by atoms with Gasteiger partial charge in [0.15, 0.2) is 0 Å². The quantitative estimate of drug-likeness (QED) is 0.261. The van der Waals surface area contributed by atoms with Crippen LogP contribution >= 0.6 is 0 Å². The van der Waals surface area contributed by atoms with Crippen LogP contribution in [0.1, 0.15) is 0 Å². The second-order valence-electron chi connectivity index (χ2n) is 11.9. The van der Waals surface area contributed by atoms with E-state index in [0.29, 0.717) is 0 Å². The van der Waals surface area contributed by atoms with Gasteiger partial charge in [-0.3, -0.25) is 0 Å². The van der Waals surface area contributed by atoms with Crippen molar-refractivity contribution in [3.05, 3.63) is 97.1 Å². The molecule has 0 saturated heterocycles. The highest BCUT2D eigenvalue weighted by atomic mass is 16.5. The Morgan fingerprint density at radius 3 is 0.727 bits per heavy atom. The summed E-state index contributed by atoms with van der Waals surface area (Å²) < 4.78 is 38.9. The summed E-state index contributed by atoms with van der Waals surface area (Å²) in [7, 11) is 0. The summed E-state index contributed by atoms with van der Waals surface area (Å²) in [5, 5.41) is 0. The molecule has 6 aromatic rings. The normalized spacial score (nSPS) is 14.9. The third kappa shape index (κ3) is 2.50. The topological polar surface area (TPSA) is 55.4 Å². The van der Waals surface area contributed by atoms with Gasteiger partial charge in [-0.2, -0.15) is 0 Å². The molecular weight excluding hydrogens is 550 g/mol. The van der Waals surface area contributed by atoms with Gasteiger partial charge in [0.05, 0.1) is 0 Å². The van der Waals surface area contributed by atoms with E-state index >= 15 is 0 Å². The fourth-order valence-electron chi connectivity index (χ4n) is 7.96. The molecule has 6 aromatic carbocycles. The molecule has 0 saturated carbocycles. The van der Waals surface area contributed by atoms with E-state index in [0.717, 1.165) is 113 Å². The molecule has 0 atom stereocenters. The predicted molar refractivity (Wildman–Crippen MR) is 167 cm³/mol. The molecule has 6 nitrogen and oxygen atoms in total. The van der Waals surface area contributed by atoms with E-state index in [1.165, 1.54) is 0 Å². The minimum atomic E-state index is -0.0241. The van der Waals surface area contributed by atoms with E-state index < -0.39 is 0 Å². The first-order valence-electron chi connectivity index (χ1n) is 14.7. The molecular formula is C36H16B2O6. The molecule has 0 radical (unpaired) electrons. The lowest BCUT2D eigenvalue weighted by Gasteiger charge is -2.38. The Morgan fingerprint density at radius 2 is 0.477 bits per heavy atom.